The lowest BCUT2D eigenvalue weighted by molar-refractivity contribution is -0.150. The van der Waals surface area contributed by atoms with Crippen LogP contribution in [0.25, 0.3) is 0 Å². The lowest BCUT2D eigenvalue weighted by atomic mass is 10.1. The number of imide groups is 1. The number of hydrogen-bond donors (Lipinski definition) is 2. The van der Waals surface area contributed by atoms with E-state index in [0.29, 0.717) is 6.42 Å². The molecule has 0 bridgehead atoms. The molecule has 0 aromatic rings. The summed E-state index contributed by atoms with van der Waals surface area (Å²) in [5.74, 6) is -1.09. The van der Waals surface area contributed by atoms with Gasteiger partial charge in [0.15, 0.2) is 0 Å². The fourth-order valence-corrected chi connectivity index (χ4v) is 1.73. The van der Waals surface area contributed by atoms with E-state index in [1.54, 1.807) is 13.8 Å². The molecule has 1 aliphatic heterocycles. The third-order valence-electron chi connectivity index (χ3n) is 2.46. The van der Waals surface area contributed by atoms with Crippen molar-refractivity contribution in [3.8, 4) is 0 Å². The van der Waals surface area contributed by atoms with Crippen molar-refractivity contribution >= 4 is 17.7 Å². The first-order valence-electron chi connectivity index (χ1n) is 5.34. The van der Waals surface area contributed by atoms with Gasteiger partial charge in [0.05, 0.1) is 0 Å². The van der Waals surface area contributed by atoms with E-state index in [1.165, 1.54) is 4.90 Å². The van der Waals surface area contributed by atoms with Crippen LogP contribution in [0, 0.1) is 0 Å². The molecule has 3 amide bonds. The molecule has 1 rings (SSSR count). The number of rotatable bonds is 3. The Balaban J connectivity index is 2.77. The Morgan fingerprint density at radius 1 is 1.62 bits per heavy atom. The van der Waals surface area contributed by atoms with Crippen molar-refractivity contribution in [3.05, 3.63) is 0 Å². The van der Waals surface area contributed by atoms with E-state index in [9.17, 15) is 14.4 Å². The largest absolute Gasteiger partial charge is 0.327 e. The van der Waals surface area contributed by atoms with Crippen LogP contribution in [0.2, 0.25) is 0 Å². The summed E-state index contributed by atoms with van der Waals surface area (Å²) in [4.78, 5) is 35.8. The summed E-state index contributed by atoms with van der Waals surface area (Å²) in [6, 6.07) is -0.825. The van der Waals surface area contributed by atoms with Crippen LogP contribution in [-0.2, 0) is 14.4 Å². The molecule has 1 saturated heterocycles. The number of carbonyl (C=O) groups excluding carboxylic acids is 3. The predicted octanol–water partition coefficient (Wildman–Crippen LogP) is -1.01. The molecule has 1 heterocycles. The molecule has 2 unspecified atom stereocenters. The van der Waals surface area contributed by atoms with Crippen LogP contribution in [0.3, 0.4) is 0 Å². The van der Waals surface area contributed by atoms with Gasteiger partial charge in [-0.1, -0.05) is 6.92 Å². The van der Waals surface area contributed by atoms with Crippen molar-refractivity contribution in [1.29, 1.82) is 0 Å². The second kappa shape index (κ2) is 5.07. The summed E-state index contributed by atoms with van der Waals surface area (Å²) in [6.45, 7) is 3.45. The summed E-state index contributed by atoms with van der Waals surface area (Å²) >= 11 is 0. The molecule has 1 aliphatic rings. The fraction of sp³-hybridized carbons (Fsp3) is 0.700. The Hall–Kier alpha value is -1.43. The lowest BCUT2D eigenvalue weighted by Crippen LogP contribution is -2.59. The average molecular weight is 227 g/mol. The van der Waals surface area contributed by atoms with Gasteiger partial charge >= 0.3 is 0 Å². The molecule has 6 nitrogen and oxygen atoms in total. The Kier molecular flexibility index (Phi) is 4.00. The molecule has 6 heteroatoms. The minimum absolute atomic E-state index is 0.0597. The third kappa shape index (κ3) is 2.79. The van der Waals surface area contributed by atoms with Crippen LogP contribution in [-0.4, -0.2) is 41.2 Å². The third-order valence-corrected chi connectivity index (χ3v) is 2.46. The molecular weight excluding hydrogens is 210 g/mol. The maximum atomic E-state index is 11.8. The molecule has 0 spiro atoms. The number of nitrogens with one attached hydrogen (secondary N) is 1. The van der Waals surface area contributed by atoms with Gasteiger partial charge in [-0.15, -0.1) is 0 Å². The van der Waals surface area contributed by atoms with E-state index in [-0.39, 0.29) is 24.9 Å². The number of nitrogens with two attached hydrogens (primary N) is 1. The maximum Gasteiger partial charge on any atom is 0.249 e. The molecule has 0 aromatic carbocycles. The summed E-state index contributed by atoms with van der Waals surface area (Å²) in [6.07, 6.45) is 0.640. The van der Waals surface area contributed by atoms with Gasteiger partial charge in [-0.2, -0.15) is 0 Å². The Bertz CT molecular complexity index is 314. The van der Waals surface area contributed by atoms with Gasteiger partial charge in [0, 0.05) is 12.5 Å². The molecule has 0 radical (unpaired) electrons. The summed E-state index contributed by atoms with van der Waals surface area (Å²) in [5, 5.41) is 2.22. The molecule has 0 saturated carbocycles. The molecule has 3 N–H and O–H groups in total. The quantitative estimate of drug-likeness (QED) is 0.604. The molecule has 0 aliphatic carbocycles. The summed E-state index contributed by atoms with van der Waals surface area (Å²) in [7, 11) is 0. The van der Waals surface area contributed by atoms with Crippen molar-refractivity contribution in [3.63, 3.8) is 0 Å². The molecule has 2 atom stereocenters. The number of piperazine rings is 1. The predicted molar refractivity (Wildman–Crippen MR) is 57.2 cm³/mol. The summed E-state index contributed by atoms with van der Waals surface area (Å²) < 4.78 is 0. The van der Waals surface area contributed by atoms with Gasteiger partial charge in [0.25, 0.3) is 0 Å². The van der Waals surface area contributed by atoms with E-state index in [0.717, 1.165) is 0 Å². The van der Waals surface area contributed by atoms with Crippen LogP contribution < -0.4 is 11.1 Å². The van der Waals surface area contributed by atoms with E-state index < -0.39 is 17.9 Å². The van der Waals surface area contributed by atoms with Gasteiger partial charge < -0.3 is 10.6 Å². The molecule has 0 aromatic heterocycles. The standard InChI is InChI=1S/C10H17N3O3/c1-3-7-10(16)12-8(14)5-13(7)9(15)4-6(2)11/h6-7H,3-5,11H2,1-2H3,(H,12,14,16). The molecular formula is C10H17N3O3. The highest BCUT2D eigenvalue weighted by molar-refractivity contribution is 6.04. The van der Waals surface area contributed by atoms with Crippen molar-refractivity contribution in [1.82, 2.24) is 10.2 Å². The van der Waals surface area contributed by atoms with Crippen LogP contribution in [0.5, 0.6) is 0 Å². The zero-order valence-electron chi connectivity index (χ0n) is 9.53. The van der Waals surface area contributed by atoms with E-state index in [2.05, 4.69) is 5.32 Å². The highest BCUT2D eigenvalue weighted by atomic mass is 16.2. The Labute approximate surface area is 94.2 Å². The average Bonchev–Trinajstić information content (AvgIpc) is 2.15. The zero-order valence-corrected chi connectivity index (χ0v) is 9.53. The van der Waals surface area contributed by atoms with Gasteiger partial charge in [0.2, 0.25) is 17.7 Å². The zero-order chi connectivity index (χ0) is 12.3. The molecule has 16 heavy (non-hydrogen) atoms. The first-order chi connectivity index (χ1) is 7.45. The number of nitrogens with zero attached hydrogens (tertiary/aromatic N) is 1. The normalized spacial score (nSPS) is 22.9. The molecule has 90 valence electrons. The lowest BCUT2D eigenvalue weighted by Gasteiger charge is -2.33. The minimum Gasteiger partial charge on any atom is -0.327 e. The van der Waals surface area contributed by atoms with Gasteiger partial charge in [-0.05, 0) is 13.3 Å². The monoisotopic (exact) mass is 227 g/mol. The molecule has 1 fully saturated rings. The first-order valence-corrected chi connectivity index (χ1v) is 5.34. The van der Waals surface area contributed by atoms with Gasteiger partial charge in [-0.25, -0.2) is 0 Å². The second-order valence-electron chi connectivity index (χ2n) is 4.04. The van der Waals surface area contributed by atoms with Gasteiger partial charge in [-0.3, -0.25) is 19.7 Å². The highest BCUT2D eigenvalue weighted by Crippen LogP contribution is 2.11. The highest BCUT2D eigenvalue weighted by Gasteiger charge is 2.35. The number of hydrogen-bond acceptors (Lipinski definition) is 4. The summed E-state index contributed by atoms with van der Waals surface area (Å²) in [5.41, 5.74) is 5.52. The first kappa shape index (κ1) is 12.6. The van der Waals surface area contributed by atoms with Gasteiger partial charge in [0.1, 0.15) is 12.6 Å². The SMILES string of the molecule is CCC1C(=O)NC(=O)CN1C(=O)CC(C)N. The van der Waals surface area contributed by atoms with E-state index in [4.69, 9.17) is 5.73 Å². The van der Waals surface area contributed by atoms with Crippen LogP contribution in [0.1, 0.15) is 26.7 Å². The fourth-order valence-electron chi connectivity index (χ4n) is 1.73. The Morgan fingerprint density at radius 2 is 2.25 bits per heavy atom. The minimum atomic E-state index is -0.552. The second-order valence-corrected chi connectivity index (χ2v) is 4.04. The topological polar surface area (TPSA) is 92.5 Å². The Morgan fingerprint density at radius 3 is 2.75 bits per heavy atom. The maximum absolute atomic E-state index is 11.8. The van der Waals surface area contributed by atoms with E-state index >= 15 is 0 Å². The van der Waals surface area contributed by atoms with Crippen molar-refractivity contribution in [2.75, 3.05) is 6.54 Å². The van der Waals surface area contributed by atoms with Crippen molar-refractivity contribution in [2.24, 2.45) is 5.73 Å². The van der Waals surface area contributed by atoms with E-state index in [1.807, 2.05) is 0 Å². The number of amides is 3. The van der Waals surface area contributed by atoms with Crippen molar-refractivity contribution < 1.29 is 14.4 Å². The smallest absolute Gasteiger partial charge is 0.249 e. The van der Waals surface area contributed by atoms with Crippen LogP contribution in [0.4, 0.5) is 0 Å². The van der Waals surface area contributed by atoms with Crippen LogP contribution >= 0.6 is 0 Å². The number of carbonyl (C=O) groups is 3. The van der Waals surface area contributed by atoms with Crippen LogP contribution in [0.15, 0.2) is 0 Å². The van der Waals surface area contributed by atoms with Crippen molar-refractivity contribution in [2.45, 2.75) is 38.8 Å².